The maximum absolute atomic E-state index is 11.1. The van der Waals surface area contributed by atoms with Gasteiger partial charge < -0.3 is 15.4 Å². The van der Waals surface area contributed by atoms with Crippen molar-refractivity contribution in [1.29, 1.82) is 0 Å². The third-order valence-electron chi connectivity index (χ3n) is 3.98. The fourth-order valence-corrected chi connectivity index (χ4v) is 2.83. The zero-order valence-corrected chi connectivity index (χ0v) is 15.6. The molecular formula is C20H19ClN4O2. The van der Waals surface area contributed by atoms with Gasteiger partial charge in [0.2, 0.25) is 0 Å². The van der Waals surface area contributed by atoms with Gasteiger partial charge in [0.1, 0.15) is 17.2 Å². The van der Waals surface area contributed by atoms with Gasteiger partial charge in [0.25, 0.3) is 5.91 Å². The Labute approximate surface area is 162 Å². The molecule has 3 rings (SSSR count). The molecule has 0 aliphatic carbocycles. The van der Waals surface area contributed by atoms with Crippen LogP contribution in [0.15, 0.2) is 61.1 Å². The number of primary amides is 1. The minimum absolute atomic E-state index is 0.179. The van der Waals surface area contributed by atoms with E-state index < -0.39 is 5.91 Å². The van der Waals surface area contributed by atoms with E-state index in [1.165, 1.54) is 12.3 Å². The second-order valence-electron chi connectivity index (χ2n) is 5.84. The topological polar surface area (TPSA) is 81.3 Å². The molecule has 0 saturated heterocycles. The average molecular weight is 383 g/mol. The van der Waals surface area contributed by atoms with Crippen LogP contribution in [0.25, 0.3) is 0 Å². The molecule has 1 aromatic carbocycles. The van der Waals surface area contributed by atoms with Gasteiger partial charge in [-0.05, 0) is 48.9 Å². The Bertz CT molecular complexity index is 917. The molecule has 7 heteroatoms. The van der Waals surface area contributed by atoms with Crippen molar-refractivity contribution in [3.05, 3.63) is 77.3 Å². The number of nitrogens with two attached hydrogens (primary N) is 1. The molecule has 0 saturated carbocycles. The van der Waals surface area contributed by atoms with Crippen molar-refractivity contribution >= 4 is 23.2 Å². The summed E-state index contributed by atoms with van der Waals surface area (Å²) in [5, 5.41) is 0.494. The number of nitrogens with zero attached hydrogens (tertiary/aromatic N) is 3. The first-order chi connectivity index (χ1) is 13.1. The van der Waals surface area contributed by atoms with Gasteiger partial charge in [-0.15, -0.1) is 0 Å². The predicted octanol–water partition coefficient (Wildman–Crippen LogP) is 4.05. The molecule has 0 bridgehead atoms. The molecule has 0 unspecified atom stereocenters. The first kappa shape index (κ1) is 18.7. The third-order valence-corrected chi connectivity index (χ3v) is 4.27. The summed E-state index contributed by atoms with van der Waals surface area (Å²) in [4.78, 5) is 21.4. The number of hydrogen-bond donors (Lipinski definition) is 1. The summed E-state index contributed by atoms with van der Waals surface area (Å²) >= 11 is 6.38. The fraction of sp³-hybridized carbons (Fsp3) is 0.150. The standard InChI is InChI=1S/C20H19ClN4O2/c1-2-25(15-4-3-9-23-11-15)13-14-5-8-19(17(21)10-14)27-16-6-7-18(20(22)26)24-12-16/h3-12H,2,13H2,1H3,(H2,22,26). The van der Waals surface area contributed by atoms with Crippen LogP contribution in [0.2, 0.25) is 5.02 Å². The maximum atomic E-state index is 11.1. The van der Waals surface area contributed by atoms with Gasteiger partial charge in [-0.2, -0.15) is 0 Å². The van der Waals surface area contributed by atoms with Crippen molar-refractivity contribution in [1.82, 2.24) is 9.97 Å². The van der Waals surface area contributed by atoms with Crippen molar-refractivity contribution in [3.8, 4) is 11.5 Å². The number of hydrogen-bond acceptors (Lipinski definition) is 5. The smallest absolute Gasteiger partial charge is 0.267 e. The Morgan fingerprint density at radius 3 is 2.67 bits per heavy atom. The van der Waals surface area contributed by atoms with Crippen LogP contribution >= 0.6 is 11.6 Å². The van der Waals surface area contributed by atoms with Gasteiger partial charge >= 0.3 is 0 Å². The van der Waals surface area contributed by atoms with E-state index in [9.17, 15) is 4.79 Å². The number of pyridine rings is 2. The van der Waals surface area contributed by atoms with Crippen molar-refractivity contribution in [2.75, 3.05) is 11.4 Å². The minimum atomic E-state index is -0.585. The van der Waals surface area contributed by atoms with Gasteiger partial charge in [0.05, 0.1) is 23.1 Å². The van der Waals surface area contributed by atoms with Gasteiger partial charge in [0, 0.05) is 19.3 Å². The van der Waals surface area contributed by atoms with Crippen LogP contribution in [-0.4, -0.2) is 22.4 Å². The largest absolute Gasteiger partial charge is 0.454 e. The molecule has 0 aliphatic rings. The molecule has 0 spiro atoms. The average Bonchev–Trinajstić information content (AvgIpc) is 2.69. The summed E-state index contributed by atoms with van der Waals surface area (Å²) in [7, 11) is 0. The Morgan fingerprint density at radius 1 is 1.22 bits per heavy atom. The van der Waals surface area contributed by atoms with Crippen molar-refractivity contribution in [2.45, 2.75) is 13.5 Å². The fourth-order valence-electron chi connectivity index (χ4n) is 2.59. The van der Waals surface area contributed by atoms with E-state index in [-0.39, 0.29) is 5.69 Å². The zero-order chi connectivity index (χ0) is 19.2. The van der Waals surface area contributed by atoms with Crippen molar-refractivity contribution in [3.63, 3.8) is 0 Å². The number of ether oxygens (including phenoxy) is 1. The monoisotopic (exact) mass is 382 g/mol. The van der Waals surface area contributed by atoms with Gasteiger partial charge in [-0.3, -0.25) is 9.78 Å². The molecule has 3 aromatic rings. The summed E-state index contributed by atoms with van der Waals surface area (Å²) in [6, 6.07) is 12.7. The lowest BCUT2D eigenvalue weighted by Crippen LogP contribution is -2.22. The number of anilines is 1. The highest BCUT2D eigenvalue weighted by Crippen LogP contribution is 2.30. The number of carbonyl (C=O) groups excluding carboxylic acids is 1. The molecule has 0 atom stereocenters. The molecule has 27 heavy (non-hydrogen) atoms. The van der Waals surface area contributed by atoms with Crippen molar-refractivity contribution in [2.24, 2.45) is 5.73 Å². The van der Waals surface area contributed by atoms with Gasteiger partial charge in [0.15, 0.2) is 0 Å². The lowest BCUT2D eigenvalue weighted by Gasteiger charge is -2.23. The Balaban J connectivity index is 1.72. The first-order valence-corrected chi connectivity index (χ1v) is 8.81. The molecule has 0 fully saturated rings. The molecule has 1 amide bonds. The highest BCUT2D eigenvalue weighted by Gasteiger charge is 2.10. The highest BCUT2D eigenvalue weighted by molar-refractivity contribution is 6.32. The van der Waals surface area contributed by atoms with E-state index in [2.05, 4.69) is 21.8 Å². The zero-order valence-electron chi connectivity index (χ0n) is 14.8. The molecule has 0 radical (unpaired) electrons. The van der Waals surface area contributed by atoms with E-state index >= 15 is 0 Å². The highest BCUT2D eigenvalue weighted by atomic mass is 35.5. The molecule has 2 aromatic heterocycles. The van der Waals surface area contributed by atoms with Crippen LogP contribution in [0, 0.1) is 0 Å². The number of rotatable bonds is 7. The van der Waals surface area contributed by atoms with E-state index in [1.807, 2.05) is 36.5 Å². The number of halogens is 1. The SMILES string of the molecule is CCN(Cc1ccc(Oc2ccc(C(N)=O)nc2)c(Cl)c1)c1cccnc1. The molecular weight excluding hydrogens is 364 g/mol. The maximum Gasteiger partial charge on any atom is 0.267 e. The first-order valence-electron chi connectivity index (χ1n) is 8.44. The van der Waals surface area contributed by atoms with Crippen LogP contribution in [-0.2, 0) is 6.54 Å². The normalized spacial score (nSPS) is 10.4. The van der Waals surface area contributed by atoms with E-state index in [4.69, 9.17) is 22.1 Å². The van der Waals surface area contributed by atoms with Crippen molar-refractivity contribution < 1.29 is 9.53 Å². The van der Waals surface area contributed by atoms with E-state index in [1.54, 1.807) is 12.3 Å². The molecule has 2 heterocycles. The summed E-state index contributed by atoms with van der Waals surface area (Å²) in [5.74, 6) is 0.400. The Morgan fingerprint density at radius 2 is 2.07 bits per heavy atom. The van der Waals surface area contributed by atoms with Crippen LogP contribution in [0.5, 0.6) is 11.5 Å². The molecule has 0 aliphatic heterocycles. The second-order valence-corrected chi connectivity index (χ2v) is 6.24. The number of amides is 1. The Hall–Kier alpha value is -3.12. The second kappa shape index (κ2) is 8.51. The summed E-state index contributed by atoms with van der Waals surface area (Å²) in [6.07, 6.45) is 5.03. The van der Waals surface area contributed by atoms with Gasteiger partial charge in [-0.1, -0.05) is 17.7 Å². The van der Waals surface area contributed by atoms with Crippen LogP contribution in [0.3, 0.4) is 0 Å². The Kier molecular flexibility index (Phi) is 5.88. The number of carbonyl (C=O) groups is 1. The minimum Gasteiger partial charge on any atom is -0.454 e. The van der Waals surface area contributed by atoms with E-state index in [0.717, 1.165) is 17.8 Å². The number of aromatic nitrogens is 2. The van der Waals surface area contributed by atoms with Crippen LogP contribution in [0.1, 0.15) is 23.0 Å². The third kappa shape index (κ3) is 4.74. The van der Waals surface area contributed by atoms with E-state index in [0.29, 0.717) is 23.1 Å². The molecule has 138 valence electrons. The van der Waals surface area contributed by atoms with Gasteiger partial charge in [-0.25, -0.2) is 4.98 Å². The quantitative estimate of drug-likeness (QED) is 0.666. The summed E-state index contributed by atoms with van der Waals surface area (Å²) in [6.45, 7) is 3.64. The lowest BCUT2D eigenvalue weighted by molar-refractivity contribution is 0.0995. The summed E-state index contributed by atoms with van der Waals surface area (Å²) < 4.78 is 5.74. The van der Waals surface area contributed by atoms with Crippen LogP contribution < -0.4 is 15.4 Å². The summed E-state index contributed by atoms with van der Waals surface area (Å²) in [5.41, 5.74) is 7.47. The molecule has 2 N–H and O–H groups in total. The predicted molar refractivity (Wildman–Crippen MR) is 105 cm³/mol. The molecule has 6 nitrogen and oxygen atoms in total. The number of benzene rings is 1. The van der Waals surface area contributed by atoms with Crippen LogP contribution in [0.4, 0.5) is 5.69 Å². The lowest BCUT2D eigenvalue weighted by atomic mass is 10.2.